The molecule has 0 saturated carbocycles. The van der Waals surface area contributed by atoms with Gasteiger partial charge >= 0.3 is 0 Å². The minimum absolute atomic E-state index is 0.0641. The summed E-state index contributed by atoms with van der Waals surface area (Å²) < 4.78 is 6.02. The van der Waals surface area contributed by atoms with Crippen LogP contribution in [0.25, 0.3) is 0 Å². The maximum absolute atomic E-state index is 9.67. The molecule has 0 amide bonds. The molecule has 0 unspecified atom stereocenters. The smallest absolute Gasteiger partial charge is 0.154 e. The van der Waals surface area contributed by atoms with Crippen LogP contribution in [0.15, 0.2) is 54.6 Å². The minimum Gasteiger partial charge on any atom is -0.480 e. The number of hydrogen-bond donors (Lipinski definition) is 1. The molecule has 1 N–H and O–H groups in total. The SMILES string of the molecule is Cc1ccccc1O[C@@](C)(CO)c1ccccc1. The summed E-state index contributed by atoms with van der Waals surface area (Å²) in [6, 6.07) is 17.6. The first-order valence-electron chi connectivity index (χ1n) is 6.07. The van der Waals surface area contributed by atoms with E-state index in [1.807, 2.05) is 68.4 Å². The first kappa shape index (κ1) is 12.7. The average molecular weight is 242 g/mol. The minimum atomic E-state index is -0.715. The fourth-order valence-corrected chi connectivity index (χ4v) is 1.89. The monoisotopic (exact) mass is 242 g/mol. The molecule has 2 rings (SSSR count). The Hall–Kier alpha value is -1.80. The maximum Gasteiger partial charge on any atom is 0.154 e. The van der Waals surface area contributed by atoms with Crippen LogP contribution >= 0.6 is 0 Å². The van der Waals surface area contributed by atoms with E-state index in [9.17, 15) is 5.11 Å². The van der Waals surface area contributed by atoms with Crippen LogP contribution in [0.4, 0.5) is 0 Å². The summed E-state index contributed by atoms with van der Waals surface area (Å²) in [7, 11) is 0. The lowest BCUT2D eigenvalue weighted by atomic mass is 9.96. The van der Waals surface area contributed by atoms with Gasteiger partial charge in [-0.05, 0) is 31.0 Å². The average Bonchev–Trinajstić information content (AvgIpc) is 2.42. The Morgan fingerprint density at radius 3 is 2.22 bits per heavy atom. The molecule has 2 aromatic rings. The molecule has 0 aromatic heterocycles. The van der Waals surface area contributed by atoms with Gasteiger partial charge < -0.3 is 9.84 Å². The van der Waals surface area contributed by atoms with E-state index < -0.39 is 5.60 Å². The summed E-state index contributed by atoms with van der Waals surface area (Å²) in [5.41, 5.74) is 1.32. The van der Waals surface area contributed by atoms with Gasteiger partial charge in [0, 0.05) is 0 Å². The van der Waals surface area contributed by atoms with Crippen LogP contribution in [0.2, 0.25) is 0 Å². The number of aliphatic hydroxyl groups is 1. The third-order valence-electron chi connectivity index (χ3n) is 3.11. The Morgan fingerprint density at radius 2 is 1.61 bits per heavy atom. The molecule has 0 bridgehead atoms. The lowest BCUT2D eigenvalue weighted by Crippen LogP contribution is -2.33. The normalized spacial score (nSPS) is 13.9. The van der Waals surface area contributed by atoms with Gasteiger partial charge in [0.15, 0.2) is 5.60 Å². The van der Waals surface area contributed by atoms with E-state index >= 15 is 0 Å². The van der Waals surface area contributed by atoms with Crippen molar-refractivity contribution in [2.24, 2.45) is 0 Å². The van der Waals surface area contributed by atoms with E-state index in [1.54, 1.807) is 0 Å². The highest BCUT2D eigenvalue weighted by molar-refractivity contribution is 5.34. The van der Waals surface area contributed by atoms with E-state index in [0.29, 0.717) is 0 Å². The summed E-state index contributed by atoms with van der Waals surface area (Å²) >= 11 is 0. The standard InChI is InChI=1S/C16H18O2/c1-13-8-6-7-11-15(13)18-16(2,12-17)14-9-4-3-5-10-14/h3-11,17H,12H2,1-2H3/t16-/m0/s1. The lowest BCUT2D eigenvalue weighted by molar-refractivity contribution is 0.0211. The zero-order valence-electron chi connectivity index (χ0n) is 10.8. The number of para-hydroxylation sites is 1. The summed E-state index contributed by atoms with van der Waals surface area (Å²) in [5, 5.41) is 9.67. The van der Waals surface area contributed by atoms with Gasteiger partial charge in [-0.25, -0.2) is 0 Å². The zero-order valence-corrected chi connectivity index (χ0v) is 10.8. The third kappa shape index (κ3) is 2.54. The topological polar surface area (TPSA) is 29.5 Å². The molecule has 0 aliphatic heterocycles. The van der Waals surface area contributed by atoms with Crippen LogP contribution in [-0.4, -0.2) is 11.7 Å². The second-order valence-corrected chi connectivity index (χ2v) is 4.62. The predicted octanol–water partition coefficient (Wildman–Crippen LogP) is 3.28. The Kier molecular flexibility index (Phi) is 3.68. The Bertz CT molecular complexity index is 508. The second-order valence-electron chi connectivity index (χ2n) is 4.62. The van der Waals surface area contributed by atoms with Gasteiger partial charge in [0.05, 0.1) is 6.61 Å². The van der Waals surface area contributed by atoms with Crippen molar-refractivity contribution in [1.82, 2.24) is 0 Å². The van der Waals surface area contributed by atoms with Crippen LogP contribution in [0.5, 0.6) is 5.75 Å². The molecule has 0 aliphatic carbocycles. The van der Waals surface area contributed by atoms with Crippen molar-refractivity contribution in [3.05, 3.63) is 65.7 Å². The molecule has 94 valence electrons. The van der Waals surface area contributed by atoms with Gasteiger partial charge in [-0.2, -0.15) is 0 Å². The molecule has 0 heterocycles. The number of hydrogen-bond acceptors (Lipinski definition) is 2. The number of benzene rings is 2. The molecule has 2 nitrogen and oxygen atoms in total. The summed E-state index contributed by atoms with van der Waals surface area (Å²) in [4.78, 5) is 0. The van der Waals surface area contributed by atoms with Gasteiger partial charge in [-0.3, -0.25) is 0 Å². The predicted molar refractivity (Wildman–Crippen MR) is 72.7 cm³/mol. The molecule has 2 aromatic carbocycles. The van der Waals surface area contributed by atoms with Gasteiger partial charge in [0.2, 0.25) is 0 Å². The quantitative estimate of drug-likeness (QED) is 0.891. The molecule has 0 radical (unpaired) electrons. The lowest BCUT2D eigenvalue weighted by Gasteiger charge is -2.30. The van der Waals surface area contributed by atoms with Crippen LogP contribution in [0.3, 0.4) is 0 Å². The fraction of sp³-hybridized carbons (Fsp3) is 0.250. The number of ether oxygens (including phenoxy) is 1. The van der Waals surface area contributed by atoms with Crippen molar-refractivity contribution in [2.45, 2.75) is 19.4 Å². The van der Waals surface area contributed by atoms with E-state index in [1.165, 1.54) is 0 Å². The highest BCUT2D eigenvalue weighted by Gasteiger charge is 2.28. The molecule has 0 aliphatic rings. The van der Waals surface area contributed by atoms with Gasteiger partial charge in [0.25, 0.3) is 0 Å². The Labute approximate surface area is 108 Å². The molecule has 1 atom stereocenters. The third-order valence-corrected chi connectivity index (χ3v) is 3.11. The molecular weight excluding hydrogens is 224 g/mol. The van der Waals surface area contributed by atoms with Gasteiger partial charge in [-0.1, -0.05) is 48.5 Å². The molecule has 2 heteroatoms. The van der Waals surface area contributed by atoms with Crippen molar-refractivity contribution in [3.8, 4) is 5.75 Å². The molecule has 0 spiro atoms. The highest BCUT2D eigenvalue weighted by Crippen LogP contribution is 2.29. The first-order valence-corrected chi connectivity index (χ1v) is 6.07. The summed E-state index contributed by atoms with van der Waals surface area (Å²) in [6.07, 6.45) is 0. The van der Waals surface area contributed by atoms with E-state index in [4.69, 9.17) is 4.74 Å². The van der Waals surface area contributed by atoms with E-state index in [-0.39, 0.29) is 6.61 Å². The molecule has 0 fully saturated rings. The molecule has 0 saturated heterocycles. The highest BCUT2D eigenvalue weighted by atomic mass is 16.5. The van der Waals surface area contributed by atoms with E-state index in [0.717, 1.165) is 16.9 Å². The van der Waals surface area contributed by atoms with Crippen molar-refractivity contribution in [3.63, 3.8) is 0 Å². The number of aliphatic hydroxyl groups excluding tert-OH is 1. The van der Waals surface area contributed by atoms with E-state index in [2.05, 4.69) is 0 Å². The van der Waals surface area contributed by atoms with Gasteiger partial charge in [0.1, 0.15) is 5.75 Å². The maximum atomic E-state index is 9.67. The largest absolute Gasteiger partial charge is 0.480 e. The fourth-order valence-electron chi connectivity index (χ4n) is 1.89. The zero-order chi connectivity index (χ0) is 13.0. The summed E-state index contributed by atoms with van der Waals surface area (Å²) in [6.45, 7) is 3.83. The number of aryl methyl sites for hydroxylation is 1. The Morgan fingerprint density at radius 1 is 1.00 bits per heavy atom. The van der Waals surface area contributed by atoms with Crippen molar-refractivity contribution >= 4 is 0 Å². The van der Waals surface area contributed by atoms with Crippen molar-refractivity contribution in [1.29, 1.82) is 0 Å². The molecule has 18 heavy (non-hydrogen) atoms. The van der Waals surface area contributed by atoms with Crippen LogP contribution < -0.4 is 4.74 Å². The van der Waals surface area contributed by atoms with Crippen LogP contribution in [-0.2, 0) is 5.60 Å². The number of rotatable bonds is 4. The molecular formula is C16H18O2. The van der Waals surface area contributed by atoms with Crippen LogP contribution in [0.1, 0.15) is 18.1 Å². The van der Waals surface area contributed by atoms with Crippen molar-refractivity contribution < 1.29 is 9.84 Å². The van der Waals surface area contributed by atoms with Crippen molar-refractivity contribution in [2.75, 3.05) is 6.61 Å². The summed E-state index contributed by atoms with van der Waals surface area (Å²) in [5.74, 6) is 0.804. The second kappa shape index (κ2) is 5.23. The first-order chi connectivity index (χ1) is 8.65. The van der Waals surface area contributed by atoms with Gasteiger partial charge in [-0.15, -0.1) is 0 Å². The van der Waals surface area contributed by atoms with Crippen LogP contribution in [0, 0.1) is 6.92 Å². The Balaban J connectivity index is 2.32.